The van der Waals surface area contributed by atoms with Gasteiger partial charge in [-0.1, -0.05) is 45.4 Å². The zero-order valence-corrected chi connectivity index (χ0v) is 15.7. The van der Waals surface area contributed by atoms with Gasteiger partial charge in [0.15, 0.2) is 5.82 Å². The van der Waals surface area contributed by atoms with Crippen molar-refractivity contribution >= 4 is 0 Å². The van der Waals surface area contributed by atoms with Crippen molar-refractivity contribution in [2.45, 2.75) is 58.7 Å². The number of aromatic nitrogens is 4. The number of ether oxygens (including phenoxy) is 1. The molecule has 6 heteroatoms. The quantitative estimate of drug-likeness (QED) is 0.690. The summed E-state index contributed by atoms with van der Waals surface area (Å²) in [6.45, 7) is 8.39. The van der Waals surface area contributed by atoms with E-state index in [2.05, 4.69) is 48.2 Å². The van der Waals surface area contributed by atoms with Crippen molar-refractivity contribution in [1.29, 1.82) is 0 Å². The van der Waals surface area contributed by atoms with Gasteiger partial charge >= 0.3 is 0 Å². The highest BCUT2D eigenvalue weighted by atomic mass is 16.5. The molecular formula is C19H29N5O. The number of hydrogen-bond donors (Lipinski definition) is 0. The number of rotatable bonds is 8. The van der Waals surface area contributed by atoms with Crippen LogP contribution in [0.2, 0.25) is 0 Å². The van der Waals surface area contributed by atoms with Crippen molar-refractivity contribution in [3.8, 4) is 5.69 Å². The molecule has 0 radical (unpaired) electrons. The minimum Gasteiger partial charge on any atom is -0.378 e. The van der Waals surface area contributed by atoms with Crippen molar-refractivity contribution in [3.63, 3.8) is 0 Å². The summed E-state index contributed by atoms with van der Waals surface area (Å²) in [5, 5.41) is 12.2. The van der Waals surface area contributed by atoms with E-state index in [0.29, 0.717) is 12.1 Å². The van der Waals surface area contributed by atoms with E-state index in [9.17, 15) is 0 Å². The Morgan fingerprint density at radius 3 is 2.72 bits per heavy atom. The van der Waals surface area contributed by atoms with E-state index in [1.807, 2.05) is 35.0 Å². The number of benzene rings is 1. The average molecular weight is 343 g/mol. The summed E-state index contributed by atoms with van der Waals surface area (Å²) in [6, 6.07) is 10.5. The smallest absolute Gasteiger partial charge is 0.170 e. The highest BCUT2D eigenvalue weighted by Gasteiger charge is 2.50. The molecule has 6 nitrogen and oxygen atoms in total. The van der Waals surface area contributed by atoms with Crippen LogP contribution in [0.4, 0.5) is 0 Å². The lowest BCUT2D eigenvalue weighted by Crippen LogP contribution is -2.61. The molecule has 0 aliphatic heterocycles. The lowest BCUT2D eigenvalue weighted by molar-refractivity contribution is -0.150. The summed E-state index contributed by atoms with van der Waals surface area (Å²) in [6.07, 6.45) is 3.73. The molecule has 1 aliphatic rings. The Bertz CT molecular complexity index is 669. The summed E-state index contributed by atoms with van der Waals surface area (Å²) in [5.74, 6) is 0.861. The molecule has 25 heavy (non-hydrogen) atoms. The largest absolute Gasteiger partial charge is 0.378 e. The maximum Gasteiger partial charge on any atom is 0.170 e. The van der Waals surface area contributed by atoms with E-state index in [0.717, 1.165) is 37.5 Å². The number of unbranched alkanes of at least 4 members (excludes halogenated alkanes) is 1. The molecule has 1 aromatic carbocycles. The van der Waals surface area contributed by atoms with Crippen molar-refractivity contribution in [2.75, 3.05) is 13.7 Å². The second kappa shape index (κ2) is 7.62. The normalized spacial score (nSPS) is 22.1. The average Bonchev–Trinajstić information content (AvgIpc) is 3.06. The second-order valence-electron chi connectivity index (χ2n) is 7.54. The fourth-order valence-electron chi connectivity index (χ4n) is 3.67. The maximum atomic E-state index is 6.07. The molecule has 1 aromatic heterocycles. The predicted molar refractivity (Wildman–Crippen MR) is 97.5 cm³/mol. The molecule has 0 N–H and O–H groups in total. The number of hydrogen-bond acceptors (Lipinski definition) is 5. The van der Waals surface area contributed by atoms with Gasteiger partial charge in [0, 0.05) is 18.1 Å². The summed E-state index contributed by atoms with van der Waals surface area (Å²) in [4.78, 5) is 2.35. The van der Waals surface area contributed by atoms with Crippen molar-refractivity contribution in [3.05, 3.63) is 36.2 Å². The number of tetrazole rings is 1. The third-order valence-electron chi connectivity index (χ3n) is 5.40. The Labute approximate surface area is 150 Å². The lowest BCUT2D eigenvalue weighted by Gasteiger charge is -2.55. The van der Waals surface area contributed by atoms with E-state index in [4.69, 9.17) is 4.74 Å². The molecule has 0 bridgehead atoms. The van der Waals surface area contributed by atoms with Gasteiger partial charge in [0.1, 0.15) is 0 Å². The molecule has 1 fully saturated rings. The van der Waals surface area contributed by atoms with Crippen LogP contribution in [-0.4, -0.2) is 50.9 Å². The van der Waals surface area contributed by atoms with Gasteiger partial charge in [0.25, 0.3) is 0 Å². The first kappa shape index (κ1) is 18.0. The van der Waals surface area contributed by atoms with Gasteiger partial charge in [0.2, 0.25) is 0 Å². The monoisotopic (exact) mass is 343 g/mol. The summed E-state index contributed by atoms with van der Waals surface area (Å²) < 4.78 is 7.89. The van der Waals surface area contributed by atoms with Crippen LogP contribution in [0, 0.1) is 5.41 Å². The first-order valence-electron chi connectivity index (χ1n) is 9.18. The van der Waals surface area contributed by atoms with Gasteiger partial charge < -0.3 is 4.74 Å². The molecular weight excluding hydrogens is 314 g/mol. The zero-order chi connectivity index (χ0) is 17.9. The highest BCUT2D eigenvalue weighted by Crippen LogP contribution is 2.45. The molecule has 3 rings (SSSR count). The van der Waals surface area contributed by atoms with Gasteiger partial charge in [-0.3, -0.25) is 4.90 Å². The van der Waals surface area contributed by atoms with Gasteiger partial charge in [-0.2, -0.15) is 4.68 Å². The Hall–Kier alpha value is -1.79. The van der Waals surface area contributed by atoms with Crippen LogP contribution in [0.1, 0.15) is 45.9 Å². The highest BCUT2D eigenvalue weighted by molar-refractivity contribution is 5.30. The van der Waals surface area contributed by atoms with Crippen LogP contribution in [0.15, 0.2) is 30.3 Å². The minimum atomic E-state index is 0.146. The van der Waals surface area contributed by atoms with Crippen LogP contribution >= 0.6 is 0 Å². The molecule has 0 saturated heterocycles. The predicted octanol–water partition coefficient (Wildman–Crippen LogP) is 3.08. The third-order valence-corrected chi connectivity index (χ3v) is 5.40. The molecule has 0 amide bonds. The van der Waals surface area contributed by atoms with Gasteiger partial charge in [-0.05, 0) is 42.4 Å². The van der Waals surface area contributed by atoms with Gasteiger partial charge in [-0.15, -0.1) is 5.10 Å². The second-order valence-corrected chi connectivity index (χ2v) is 7.54. The molecule has 2 aromatic rings. The third kappa shape index (κ3) is 3.75. The Balaban J connectivity index is 1.63. The van der Waals surface area contributed by atoms with Gasteiger partial charge in [-0.25, -0.2) is 0 Å². The lowest BCUT2D eigenvalue weighted by atomic mass is 9.64. The fraction of sp³-hybridized carbons (Fsp3) is 0.632. The van der Waals surface area contributed by atoms with Crippen LogP contribution < -0.4 is 0 Å². The van der Waals surface area contributed by atoms with Crippen LogP contribution in [0.3, 0.4) is 0 Å². The van der Waals surface area contributed by atoms with Crippen LogP contribution in [0.25, 0.3) is 5.69 Å². The summed E-state index contributed by atoms with van der Waals surface area (Å²) in [7, 11) is 2.15. The first-order valence-corrected chi connectivity index (χ1v) is 9.18. The summed E-state index contributed by atoms with van der Waals surface area (Å²) >= 11 is 0. The standard InChI is InChI=1S/C19H29N5O/c1-5-6-12-25-17-13-16(19(17,2)3)23(4)14-18-20-21-22-24(18)15-10-8-7-9-11-15/h7-11,16-17H,5-6,12-14H2,1-4H3/t16-,17+/m0/s1. The van der Waals surface area contributed by atoms with E-state index < -0.39 is 0 Å². The number of nitrogens with zero attached hydrogens (tertiary/aromatic N) is 5. The Kier molecular flexibility index (Phi) is 5.49. The molecule has 136 valence electrons. The van der Waals surface area contributed by atoms with E-state index in [1.54, 1.807) is 0 Å². The summed E-state index contributed by atoms with van der Waals surface area (Å²) in [5.41, 5.74) is 1.14. The Morgan fingerprint density at radius 2 is 2.04 bits per heavy atom. The number of para-hydroxylation sites is 1. The van der Waals surface area contributed by atoms with Crippen molar-refractivity contribution in [1.82, 2.24) is 25.1 Å². The molecule has 0 spiro atoms. The molecule has 1 saturated carbocycles. The van der Waals surface area contributed by atoms with Crippen LogP contribution in [0.5, 0.6) is 0 Å². The SMILES string of the molecule is CCCCO[C@@H]1C[C@H](N(C)Cc2nnnn2-c2ccccc2)C1(C)C. The molecule has 2 atom stereocenters. The van der Waals surface area contributed by atoms with Crippen LogP contribution in [-0.2, 0) is 11.3 Å². The van der Waals surface area contributed by atoms with Crippen molar-refractivity contribution in [2.24, 2.45) is 5.41 Å². The van der Waals surface area contributed by atoms with E-state index in [-0.39, 0.29) is 5.41 Å². The van der Waals surface area contributed by atoms with E-state index in [1.165, 1.54) is 6.42 Å². The molecule has 0 unspecified atom stereocenters. The maximum absolute atomic E-state index is 6.07. The fourth-order valence-corrected chi connectivity index (χ4v) is 3.67. The zero-order valence-electron chi connectivity index (χ0n) is 15.7. The molecule has 1 aliphatic carbocycles. The first-order chi connectivity index (χ1) is 12.0. The minimum absolute atomic E-state index is 0.146. The topological polar surface area (TPSA) is 56.1 Å². The van der Waals surface area contributed by atoms with Crippen molar-refractivity contribution < 1.29 is 4.74 Å². The Morgan fingerprint density at radius 1 is 1.28 bits per heavy atom. The van der Waals surface area contributed by atoms with E-state index >= 15 is 0 Å². The molecule has 1 heterocycles. The van der Waals surface area contributed by atoms with Gasteiger partial charge in [0.05, 0.1) is 18.3 Å².